The zero-order chi connectivity index (χ0) is 12.4. The highest BCUT2D eigenvalue weighted by Crippen LogP contribution is 2.46. The molecule has 0 bridgehead atoms. The number of rotatable bonds is 4. The number of phenols is 1. The van der Waals surface area contributed by atoms with Gasteiger partial charge in [-0.3, -0.25) is 4.79 Å². The molecule has 17 heavy (non-hydrogen) atoms. The van der Waals surface area contributed by atoms with Crippen LogP contribution in [-0.2, 0) is 9.53 Å². The van der Waals surface area contributed by atoms with Crippen LogP contribution in [0.15, 0.2) is 18.2 Å². The molecular weight excluding hydrogens is 223 g/mol. The lowest BCUT2D eigenvalue weighted by atomic mass is 9.90. The fourth-order valence-electron chi connectivity index (χ4n) is 2.12. The minimum absolute atomic E-state index is 0.168. The van der Waals surface area contributed by atoms with Crippen LogP contribution in [0.1, 0.15) is 30.7 Å². The summed E-state index contributed by atoms with van der Waals surface area (Å²) in [6, 6.07) is 4.53. The molecule has 1 aromatic carbocycles. The predicted octanol–water partition coefficient (Wildman–Crippen LogP) is 2.59. The first-order chi connectivity index (χ1) is 8.13. The van der Waals surface area contributed by atoms with Gasteiger partial charge in [-0.05, 0) is 30.4 Å². The van der Waals surface area contributed by atoms with Gasteiger partial charge in [0.25, 0.3) is 0 Å². The number of phenolic OH excluding ortho intramolecular Hbond substituents is 1. The number of benzene rings is 1. The third-order valence-corrected chi connectivity index (χ3v) is 3.21. The molecule has 4 heteroatoms. The number of methoxy groups -OCH3 is 1. The first-order valence-corrected chi connectivity index (χ1v) is 5.67. The lowest BCUT2D eigenvalue weighted by Crippen LogP contribution is -2.11. The van der Waals surface area contributed by atoms with Crippen molar-refractivity contribution in [3.8, 4) is 5.75 Å². The summed E-state index contributed by atoms with van der Waals surface area (Å²) < 4.78 is 18.4. The first kappa shape index (κ1) is 11.9. The zero-order valence-corrected chi connectivity index (χ0v) is 9.65. The Morgan fingerprint density at radius 1 is 1.59 bits per heavy atom. The fourth-order valence-corrected chi connectivity index (χ4v) is 2.12. The van der Waals surface area contributed by atoms with E-state index < -0.39 is 5.82 Å². The molecule has 1 aromatic rings. The highest BCUT2D eigenvalue weighted by Gasteiger charge is 2.35. The fraction of sp³-hybridized carbons (Fsp3) is 0.462. The first-order valence-electron chi connectivity index (χ1n) is 5.67. The van der Waals surface area contributed by atoms with Gasteiger partial charge in [-0.2, -0.15) is 0 Å². The van der Waals surface area contributed by atoms with E-state index in [1.165, 1.54) is 13.2 Å². The molecule has 1 atom stereocenters. The monoisotopic (exact) mass is 238 g/mol. The van der Waals surface area contributed by atoms with E-state index in [0.717, 1.165) is 12.8 Å². The number of aromatic hydroxyl groups is 1. The van der Waals surface area contributed by atoms with Crippen LogP contribution in [0.25, 0.3) is 0 Å². The molecule has 92 valence electrons. The maximum atomic E-state index is 13.8. The molecule has 1 fully saturated rings. The molecule has 1 aliphatic carbocycles. The zero-order valence-electron chi connectivity index (χ0n) is 9.65. The van der Waals surface area contributed by atoms with Crippen LogP contribution >= 0.6 is 0 Å². The third-order valence-electron chi connectivity index (χ3n) is 3.21. The Labute approximate surface area is 99.2 Å². The number of esters is 1. The average molecular weight is 238 g/mol. The average Bonchev–Trinajstić information content (AvgIpc) is 3.14. The quantitative estimate of drug-likeness (QED) is 0.820. The van der Waals surface area contributed by atoms with Crippen molar-refractivity contribution in [3.05, 3.63) is 29.6 Å². The van der Waals surface area contributed by atoms with Crippen molar-refractivity contribution in [3.63, 3.8) is 0 Å². The van der Waals surface area contributed by atoms with Crippen LogP contribution in [0, 0.1) is 11.7 Å². The van der Waals surface area contributed by atoms with Gasteiger partial charge in [0.2, 0.25) is 0 Å². The molecule has 1 saturated carbocycles. The molecule has 1 aliphatic rings. The van der Waals surface area contributed by atoms with Crippen molar-refractivity contribution in [2.24, 2.45) is 5.92 Å². The second-order valence-electron chi connectivity index (χ2n) is 4.40. The van der Waals surface area contributed by atoms with Crippen molar-refractivity contribution in [2.75, 3.05) is 7.11 Å². The van der Waals surface area contributed by atoms with Gasteiger partial charge in [-0.1, -0.05) is 12.1 Å². The van der Waals surface area contributed by atoms with E-state index in [2.05, 4.69) is 4.74 Å². The second-order valence-corrected chi connectivity index (χ2v) is 4.40. The van der Waals surface area contributed by atoms with E-state index in [9.17, 15) is 14.3 Å². The molecule has 0 heterocycles. The van der Waals surface area contributed by atoms with E-state index in [1.807, 2.05) is 0 Å². The van der Waals surface area contributed by atoms with Gasteiger partial charge in [0.05, 0.1) is 13.5 Å². The second kappa shape index (κ2) is 4.73. The highest BCUT2D eigenvalue weighted by molar-refractivity contribution is 5.70. The van der Waals surface area contributed by atoms with Gasteiger partial charge in [0, 0.05) is 5.92 Å². The maximum absolute atomic E-state index is 13.8. The Morgan fingerprint density at radius 2 is 2.29 bits per heavy atom. The summed E-state index contributed by atoms with van der Waals surface area (Å²) in [6.45, 7) is 0. The summed E-state index contributed by atoms with van der Waals surface area (Å²) in [7, 11) is 1.32. The van der Waals surface area contributed by atoms with Crippen LogP contribution in [0.4, 0.5) is 4.39 Å². The van der Waals surface area contributed by atoms with Crippen LogP contribution in [0.5, 0.6) is 5.75 Å². The Morgan fingerprint density at radius 3 is 2.88 bits per heavy atom. The summed E-state index contributed by atoms with van der Waals surface area (Å²) in [4.78, 5) is 11.3. The van der Waals surface area contributed by atoms with Gasteiger partial charge < -0.3 is 9.84 Å². The molecule has 0 aliphatic heterocycles. The Bertz CT molecular complexity index is 427. The number of hydrogen-bond donors (Lipinski definition) is 1. The minimum Gasteiger partial charge on any atom is -0.505 e. The van der Waals surface area contributed by atoms with Crippen LogP contribution in [0.2, 0.25) is 0 Å². The molecular formula is C13H15FO3. The van der Waals surface area contributed by atoms with Crippen LogP contribution < -0.4 is 0 Å². The van der Waals surface area contributed by atoms with Gasteiger partial charge in [0.1, 0.15) is 0 Å². The van der Waals surface area contributed by atoms with Crippen molar-refractivity contribution in [2.45, 2.75) is 25.2 Å². The SMILES string of the molecule is COC(=O)C[C@H](c1cccc(O)c1F)C1CC1. The number of carbonyl (C=O) groups excluding carboxylic acids is 1. The normalized spacial score (nSPS) is 16.6. The Balaban J connectivity index is 2.26. The number of hydrogen-bond acceptors (Lipinski definition) is 3. The third kappa shape index (κ3) is 2.57. The molecule has 0 spiro atoms. The number of halogens is 1. The summed E-state index contributed by atoms with van der Waals surface area (Å²) in [5, 5.41) is 9.35. The minimum atomic E-state index is -0.617. The summed E-state index contributed by atoms with van der Waals surface area (Å²) in [5.74, 6) is -1.18. The molecule has 3 nitrogen and oxygen atoms in total. The highest BCUT2D eigenvalue weighted by atomic mass is 19.1. The lowest BCUT2D eigenvalue weighted by Gasteiger charge is -2.16. The number of carbonyl (C=O) groups is 1. The van der Waals surface area contributed by atoms with Gasteiger partial charge in [-0.15, -0.1) is 0 Å². The van der Waals surface area contributed by atoms with Crippen molar-refractivity contribution in [1.29, 1.82) is 0 Å². The summed E-state index contributed by atoms with van der Waals surface area (Å²) >= 11 is 0. The van der Waals surface area contributed by atoms with Crippen molar-refractivity contribution < 1.29 is 19.0 Å². The van der Waals surface area contributed by atoms with Gasteiger partial charge in [-0.25, -0.2) is 4.39 Å². The van der Waals surface area contributed by atoms with Crippen LogP contribution in [-0.4, -0.2) is 18.2 Å². The van der Waals surface area contributed by atoms with E-state index in [0.29, 0.717) is 11.5 Å². The van der Waals surface area contributed by atoms with Crippen molar-refractivity contribution >= 4 is 5.97 Å². The molecule has 0 saturated heterocycles. The van der Waals surface area contributed by atoms with Crippen LogP contribution in [0.3, 0.4) is 0 Å². The summed E-state index contributed by atoms with van der Waals surface area (Å²) in [6.07, 6.45) is 2.16. The predicted molar refractivity (Wildman–Crippen MR) is 60.2 cm³/mol. The lowest BCUT2D eigenvalue weighted by molar-refractivity contribution is -0.141. The number of ether oxygens (including phenoxy) is 1. The smallest absolute Gasteiger partial charge is 0.306 e. The van der Waals surface area contributed by atoms with Gasteiger partial charge in [0.15, 0.2) is 11.6 Å². The van der Waals surface area contributed by atoms with E-state index >= 15 is 0 Å². The van der Waals surface area contributed by atoms with Crippen molar-refractivity contribution in [1.82, 2.24) is 0 Å². The largest absolute Gasteiger partial charge is 0.505 e. The van der Waals surface area contributed by atoms with E-state index in [1.54, 1.807) is 12.1 Å². The molecule has 2 rings (SSSR count). The summed E-state index contributed by atoms with van der Waals surface area (Å²) in [5.41, 5.74) is 0.415. The Kier molecular flexibility index (Phi) is 3.31. The van der Waals surface area contributed by atoms with Gasteiger partial charge >= 0.3 is 5.97 Å². The standard InChI is InChI=1S/C13H15FO3/c1-17-12(16)7-10(8-5-6-8)9-3-2-4-11(15)13(9)14/h2-4,8,10,15H,5-7H2,1H3/t10-/m0/s1. The molecule has 0 aromatic heterocycles. The van der Waals surface area contributed by atoms with E-state index in [4.69, 9.17) is 0 Å². The molecule has 1 N–H and O–H groups in total. The van der Waals surface area contributed by atoms with E-state index in [-0.39, 0.29) is 24.1 Å². The Hall–Kier alpha value is -1.58. The molecule has 0 unspecified atom stereocenters. The molecule has 0 radical (unpaired) electrons. The topological polar surface area (TPSA) is 46.5 Å². The molecule has 0 amide bonds. The maximum Gasteiger partial charge on any atom is 0.306 e.